The van der Waals surface area contributed by atoms with Gasteiger partial charge in [-0.15, -0.1) is 6.42 Å². The molecule has 7 heteroatoms. The van der Waals surface area contributed by atoms with Gasteiger partial charge in [0.25, 0.3) is 5.69 Å². The number of ether oxygens (including phenoxy) is 2. The Morgan fingerprint density at radius 1 is 1.25 bits per heavy atom. The van der Waals surface area contributed by atoms with Crippen LogP contribution in [0.5, 0.6) is 5.75 Å². The minimum atomic E-state index is -1.48. The molecule has 0 spiro atoms. The molecule has 1 N–H and O–H groups in total. The van der Waals surface area contributed by atoms with Crippen LogP contribution in [0.15, 0.2) is 48.5 Å². The van der Waals surface area contributed by atoms with E-state index in [-0.39, 0.29) is 12.3 Å². The zero-order valence-electron chi connectivity index (χ0n) is 12.4. The van der Waals surface area contributed by atoms with Crippen LogP contribution < -0.4 is 4.74 Å². The van der Waals surface area contributed by atoms with Crippen LogP contribution in [0.1, 0.15) is 17.2 Å². The molecule has 0 amide bonds. The Morgan fingerprint density at radius 2 is 1.92 bits per heavy atom. The number of non-ortho nitro benzene ring substituents is 1. The van der Waals surface area contributed by atoms with E-state index >= 15 is 0 Å². The first-order valence-corrected chi connectivity index (χ1v) is 6.82. The second kappa shape index (κ2) is 7.65. The fraction of sp³-hybridized carbons (Fsp3) is 0.118. The standard InChI is InChI=1S/C17H13NO6/c1-2-11-23-15-6-4-3-5-14(15)16(24-17(19)20)12-7-9-13(10-8-12)18(21)22/h1,3-10,16H,11H2,(H,19,20). The smallest absolute Gasteiger partial charge is 0.481 e. The Balaban J connectivity index is 2.44. The average molecular weight is 327 g/mol. The summed E-state index contributed by atoms with van der Waals surface area (Å²) >= 11 is 0. The lowest BCUT2D eigenvalue weighted by Crippen LogP contribution is -2.12. The quantitative estimate of drug-likeness (QED) is 0.378. The van der Waals surface area contributed by atoms with Gasteiger partial charge >= 0.3 is 6.16 Å². The van der Waals surface area contributed by atoms with Gasteiger partial charge < -0.3 is 14.6 Å². The van der Waals surface area contributed by atoms with Gasteiger partial charge in [-0.25, -0.2) is 4.79 Å². The van der Waals surface area contributed by atoms with Crippen LogP contribution in [0.4, 0.5) is 10.5 Å². The topological polar surface area (TPSA) is 98.9 Å². The van der Waals surface area contributed by atoms with Crippen LogP contribution in [-0.4, -0.2) is 22.8 Å². The van der Waals surface area contributed by atoms with Crippen molar-refractivity contribution in [3.63, 3.8) is 0 Å². The Labute approximate surface area is 137 Å². The van der Waals surface area contributed by atoms with Crippen molar-refractivity contribution in [3.8, 4) is 18.1 Å². The molecule has 122 valence electrons. The molecule has 0 aliphatic carbocycles. The summed E-state index contributed by atoms with van der Waals surface area (Å²) in [5, 5.41) is 19.8. The maximum atomic E-state index is 11.1. The highest BCUT2D eigenvalue weighted by Gasteiger charge is 2.23. The number of nitrogens with zero attached hydrogens (tertiary/aromatic N) is 1. The first kappa shape index (κ1) is 16.8. The molecule has 0 saturated carbocycles. The molecule has 2 aromatic carbocycles. The third-order valence-corrected chi connectivity index (χ3v) is 3.14. The molecule has 0 aliphatic heterocycles. The van der Waals surface area contributed by atoms with Crippen molar-refractivity contribution < 1.29 is 24.3 Å². The van der Waals surface area contributed by atoms with Crippen molar-refractivity contribution in [2.24, 2.45) is 0 Å². The van der Waals surface area contributed by atoms with E-state index in [1.807, 2.05) is 0 Å². The summed E-state index contributed by atoms with van der Waals surface area (Å²) in [6.45, 7) is 0.0110. The van der Waals surface area contributed by atoms with E-state index in [1.165, 1.54) is 24.3 Å². The van der Waals surface area contributed by atoms with E-state index in [1.54, 1.807) is 24.3 Å². The van der Waals surface area contributed by atoms with Gasteiger partial charge in [-0.2, -0.15) is 0 Å². The molecule has 0 aromatic heterocycles. The van der Waals surface area contributed by atoms with E-state index in [2.05, 4.69) is 5.92 Å². The lowest BCUT2D eigenvalue weighted by Gasteiger charge is -2.19. The number of carbonyl (C=O) groups is 1. The van der Waals surface area contributed by atoms with E-state index in [0.717, 1.165) is 0 Å². The zero-order valence-corrected chi connectivity index (χ0v) is 12.4. The number of hydrogen-bond acceptors (Lipinski definition) is 5. The van der Waals surface area contributed by atoms with Crippen molar-refractivity contribution in [3.05, 3.63) is 69.8 Å². The second-order valence-electron chi connectivity index (χ2n) is 4.64. The summed E-state index contributed by atoms with van der Waals surface area (Å²) in [6.07, 6.45) is 2.69. The summed E-state index contributed by atoms with van der Waals surface area (Å²) < 4.78 is 10.4. The normalized spacial score (nSPS) is 11.1. The third-order valence-electron chi connectivity index (χ3n) is 3.14. The summed E-state index contributed by atoms with van der Waals surface area (Å²) in [4.78, 5) is 21.3. The summed E-state index contributed by atoms with van der Waals surface area (Å²) in [5.41, 5.74) is 0.772. The first-order chi connectivity index (χ1) is 11.5. The number of para-hydroxylation sites is 1. The predicted molar refractivity (Wildman–Crippen MR) is 84.8 cm³/mol. The maximum Gasteiger partial charge on any atom is 0.506 e. The molecule has 1 atom stereocenters. The summed E-state index contributed by atoms with van der Waals surface area (Å²) in [6, 6.07) is 12.1. The zero-order chi connectivity index (χ0) is 17.5. The Hall–Kier alpha value is -3.53. The van der Waals surface area contributed by atoms with E-state index in [4.69, 9.17) is 21.0 Å². The van der Waals surface area contributed by atoms with Crippen molar-refractivity contribution in [1.29, 1.82) is 0 Å². The number of nitro benzene ring substituents is 1. The summed E-state index contributed by atoms with van der Waals surface area (Å²) in [5.74, 6) is 2.70. The molecule has 0 aliphatic rings. The average Bonchev–Trinajstić information content (AvgIpc) is 2.58. The molecule has 2 rings (SSSR count). The molecule has 0 radical (unpaired) electrons. The van der Waals surface area contributed by atoms with Crippen molar-refractivity contribution in [1.82, 2.24) is 0 Å². The highest BCUT2D eigenvalue weighted by atomic mass is 16.7. The molecule has 0 heterocycles. The van der Waals surface area contributed by atoms with Crippen molar-refractivity contribution >= 4 is 11.8 Å². The number of rotatable bonds is 6. The third kappa shape index (κ3) is 4.01. The molecule has 0 fully saturated rings. The van der Waals surface area contributed by atoms with Crippen LogP contribution in [-0.2, 0) is 4.74 Å². The Morgan fingerprint density at radius 3 is 2.50 bits per heavy atom. The van der Waals surface area contributed by atoms with Crippen molar-refractivity contribution in [2.45, 2.75) is 6.10 Å². The van der Waals surface area contributed by atoms with Gasteiger partial charge in [0, 0.05) is 17.7 Å². The summed E-state index contributed by atoms with van der Waals surface area (Å²) in [7, 11) is 0. The molecule has 7 nitrogen and oxygen atoms in total. The van der Waals surface area contributed by atoms with E-state index in [9.17, 15) is 14.9 Å². The van der Waals surface area contributed by atoms with Crippen LogP contribution in [0.25, 0.3) is 0 Å². The van der Waals surface area contributed by atoms with Crippen LogP contribution in [0, 0.1) is 22.5 Å². The number of terminal acetylenes is 1. The molecule has 0 bridgehead atoms. The van der Waals surface area contributed by atoms with Crippen molar-refractivity contribution in [2.75, 3.05) is 6.61 Å². The van der Waals surface area contributed by atoms with Crippen LogP contribution in [0.2, 0.25) is 0 Å². The number of hydrogen-bond donors (Lipinski definition) is 1. The molecule has 1 unspecified atom stereocenters. The maximum absolute atomic E-state index is 11.1. The van der Waals surface area contributed by atoms with Gasteiger partial charge in [0.1, 0.15) is 12.4 Å². The van der Waals surface area contributed by atoms with Gasteiger partial charge in [0.15, 0.2) is 6.10 Å². The Kier molecular flexibility index (Phi) is 5.36. The predicted octanol–water partition coefficient (Wildman–Crippen LogP) is 3.39. The first-order valence-electron chi connectivity index (χ1n) is 6.82. The van der Waals surface area contributed by atoms with Gasteiger partial charge in [-0.05, 0) is 23.8 Å². The van der Waals surface area contributed by atoms with Gasteiger partial charge in [-0.3, -0.25) is 10.1 Å². The minimum absolute atomic E-state index is 0.0110. The molecular weight excluding hydrogens is 314 g/mol. The Bertz CT molecular complexity index is 778. The van der Waals surface area contributed by atoms with Gasteiger partial charge in [-0.1, -0.05) is 24.1 Å². The fourth-order valence-electron chi connectivity index (χ4n) is 2.13. The van der Waals surface area contributed by atoms with E-state index < -0.39 is 17.2 Å². The van der Waals surface area contributed by atoms with Crippen LogP contribution in [0.3, 0.4) is 0 Å². The molecule has 2 aromatic rings. The van der Waals surface area contributed by atoms with Gasteiger partial charge in [0.05, 0.1) is 4.92 Å². The lowest BCUT2D eigenvalue weighted by atomic mass is 10.00. The van der Waals surface area contributed by atoms with Crippen LogP contribution >= 0.6 is 0 Å². The molecular formula is C17H13NO6. The second-order valence-corrected chi connectivity index (χ2v) is 4.64. The minimum Gasteiger partial charge on any atom is -0.481 e. The number of nitro groups is 1. The SMILES string of the molecule is C#CCOc1ccccc1C(OC(=O)O)c1ccc([N+](=O)[O-])cc1. The molecule has 0 saturated heterocycles. The highest BCUT2D eigenvalue weighted by molar-refractivity contribution is 5.59. The largest absolute Gasteiger partial charge is 0.506 e. The monoisotopic (exact) mass is 327 g/mol. The highest BCUT2D eigenvalue weighted by Crippen LogP contribution is 2.33. The number of benzene rings is 2. The molecule has 24 heavy (non-hydrogen) atoms. The lowest BCUT2D eigenvalue weighted by molar-refractivity contribution is -0.384. The fourth-order valence-corrected chi connectivity index (χ4v) is 2.13. The van der Waals surface area contributed by atoms with E-state index in [0.29, 0.717) is 16.9 Å². The number of carboxylic acid groups (broad SMARTS) is 1. The van der Waals surface area contributed by atoms with Gasteiger partial charge in [0.2, 0.25) is 0 Å².